The number of carbonyl (C=O) groups excluding carboxylic acids is 1. The first-order valence-corrected chi connectivity index (χ1v) is 13.3. The minimum Gasteiger partial charge on any atom is -0.494 e. The van der Waals surface area contributed by atoms with Crippen molar-refractivity contribution < 1.29 is 14.3 Å². The summed E-state index contributed by atoms with van der Waals surface area (Å²) in [5.41, 5.74) is 14.8. The van der Waals surface area contributed by atoms with Gasteiger partial charge in [-0.2, -0.15) is 0 Å². The Hall–Kier alpha value is -3.47. The predicted molar refractivity (Wildman–Crippen MR) is 149 cm³/mol. The molecule has 3 rings (SSSR count). The van der Waals surface area contributed by atoms with Crippen molar-refractivity contribution in [3.63, 3.8) is 0 Å². The average Bonchev–Trinajstić information content (AvgIpc) is 2.87. The molecule has 0 heterocycles. The second kappa shape index (κ2) is 14.8. The van der Waals surface area contributed by atoms with E-state index in [1.54, 1.807) is 30.3 Å². The number of ether oxygens (including phenoxy) is 2. The second-order valence-electron chi connectivity index (χ2n) is 9.36. The first kappa shape index (κ1) is 27.1. The van der Waals surface area contributed by atoms with Crippen molar-refractivity contribution in [1.82, 2.24) is 0 Å². The molecule has 0 atom stereocenters. The van der Waals surface area contributed by atoms with Crippen molar-refractivity contribution in [3.8, 4) is 22.6 Å². The summed E-state index contributed by atoms with van der Waals surface area (Å²) in [4.78, 5) is 12.4. The van der Waals surface area contributed by atoms with E-state index in [1.807, 2.05) is 36.4 Å². The monoisotopic (exact) mass is 488 g/mol. The number of esters is 1. The van der Waals surface area contributed by atoms with Crippen molar-refractivity contribution in [2.24, 2.45) is 0 Å². The zero-order valence-corrected chi connectivity index (χ0v) is 21.5. The fraction of sp³-hybridized carbons (Fsp3) is 0.387. The summed E-state index contributed by atoms with van der Waals surface area (Å²) < 4.78 is 11.4. The summed E-state index contributed by atoms with van der Waals surface area (Å²) in [5.74, 6) is 0.855. The summed E-state index contributed by atoms with van der Waals surface area (Å²) in [5, 5.41) is 0. The van der Waals surface area contributed by atoms with Gasteiger partial charge in [-0.15, -0.1) is 0 Å². The van der Waals surface area contributed by atoms with Gasteiger partial charge >= 0.3 is 5.97 Å². The Kier molecular flexibility index (Phi) is 11.2. The molecular weight excluding hydrogens is 448 g/mol. The van der Waals surface area contributed by atoms with Crippen LogP contribution in [0.1, 0.15) is 81.5 Å². The van der Waals surface area contributed by atoms with Gasteiger partial charge in [0.05, 0.1) is 12.2 Å². The molecule has 36 heavy (non-hydrogen) atoms. The molecule has 3 aromatic carbocycles. The van der Waals surface area contributed by atoms with E-state index in [0.717, 1.165) is 29.9 Å². The molecule has 0 saturated carbocycles. The highest BCUT2D eigenvalue weighted by atomic mass is 16.5. The van der Waals surface area contributed by atoms with Gasteiger partial charge in [-0.05, 0) is 60.0 Å². The first-order valence-electron chi connectivity index (χ1n) is 13.3. The Labute approximate surface area is 215 Å². The predicted octanol–water partition coefficient (Wildman–Crippen LogP) is 8.04. The highest BCUT2D eigenvalue weighted by Crippen LogP contribution is 2.25. The lowest BCUT2D eigenvalue weighted by atomic mass is 10.1. The van der Waals surface area contributed by atoms with Crippen LogP contribution in [0.3, 0.4) is 0 Å². The molecule has 0 radical (unpaired) electrons. The lowest BCUT2D eigenvalue weighted by Gasteiger charge is -2.09. The minimum absolute atomic E-state index is 0.324. The zero-order chi connectivity index (χ0) is 25.6. The highest BCUT2D eigenvalue weighted by molar-refractivity contribution is 5.93. The van der Waals surface area contributed by atoms with E-state index in [-0.39, 0.29) is 0 Å². The Bertz CT molecular complexity index is 1040. The molecule has 0 aliphatic heterocycles. The van der Waals surface area contributed by atoms with Crippen LogP contribution in [0.5, 0.6) is 11.5 Å². The lowest BCUT2D eigenvalue weighted by Crippen LogP contribution is -2.09. The molecule has 192 valence electrons. The van der Waals surface area contributed by atoms with Crippen LogP contribution in [0.2, 0.25) is 0 Å². The van der Waals surface area contributed by atoms with Crippen LogP contribution in [0, 0.1) is 0 Å². The molecule has 0 unspecified atom stereocenters. The molecule has 0 amide bonds. The molecule has 3 aromatic rings. The summed E-state index contributed by atoms with van der Waals surface area (Å²) in [7, 11) is 0. The van der Waals surface area contributed by atoms with Crippen molar-refractivity contribution in [2.75, 3.05) is 18.1 Å². The van der Waals surface area contributed by atoms with E-state index in [9.17, 15) is 4.79 Å². The maximum absolute atomic E-state index is 12.4. The smallest absolute Gasteiger partial charge is 0.343 e. The van der Waals surface area contributed by atoms with Crippen molar-refractivity contribution in [2.45, 2.75) is 71.1 Å². The van der Waals surface area contributed by atoms with Gasteiger partial charge < -0.3 is 20.9 Å². The zero-order valence-electron chi connectivity index (χ0n) is 21.5. The molecule has 0 fully saturated rings. The second-order valence-corrected chi connectivity index (χ2v) is 9.36. The quantitative estimate of drug-likeness (QED) is 0.0978. The van der Waals surface area contributed by atoms with Crippen LogP contribution in [0.15, 0.2) is 66.7 Å². The van der Waals surface area contributed by atoms with Crippen LogP contribution in [-0.2, 0) is 0 Å². The van der Waals surface area contributed by atoms with Gasteiger partial charge in [-0.25, -0.2) is 4.79 Å². The van der Waals surface area contributed by atoms with E-state index in [1.165, 1.54) is 57.8 Å². The van der Waals surface area contributed by atoms with Crippen LogP contribution >= 0.6 is 0 Å². The van der Waals surface area contributed by atoms with E-state index in [0.29, 0.717) is 22.7 Å². The van der Waals surface area contributed by atoms with Gasteiger partial charge in [0.2, 0.25) is 0 Å². The van der Waals surface area contributed by atoms with E-state index in [2.05, 4.69) is 6.92 Å². The number of rotatable bonds is 15. The molecule has 0 aromatic heterocycles. The van der Waals surface area contributed by atoms with Gasteiger partial charge in [-0.1, -0.05) is 89.0 Å². The Morgan fingerprint density at radius 3 is 1.64 bits per heavy atom. The maximum Gasteiger partial charge on any atom is 0.343 e. The number of carbonyl (C=O) groups is 1. The fourth-order valence-electron chi connectivity index (χ4n) is 4.20. The Balaban J connectivity index is 1.37. The number of hydrogen-bond donors (Lipinski definition) is 2. The first-order chi connectivity index (χ1) is 17.5. The summed E-state index contributed by atoms with van der Waals surface area (Å²) in [6, 6.07) is 20.2. The molecule has 0 aliphatic rings. The standard InChI is InChI=1S/C31H40N2O3/c1-2-3-4-5-6-7-8-9-10-11-20-35-29-16-12-24(13-17-29)25-14-18-30(19-15-25)36-31(34)26-21-27(32)23-28(33)22-26/h12-19,21-23H,2-11,20,32-33H2,1H3. The largest absolute Gasteiger partial charge is 0.494 e. The Morgan fingerprint density at radius 2 is 1.11 bits per heavy atom. The molecule has 0 aliphatic carbocycles. The number of unbranched alkanes of at least 4 members (excludes halogenated alkanes) is 9. The lowest BCUT2D eigenvalue weighted by molar-refractivity contribution is 0.0735. The van der Waals surface area contributed by atoms with Gasteiger partial charge in [0.25, 0.3) is 0 Å². The molecule has 0 spiro atoms. The van der Waals surface area contributed by atoms with Gasteiger partial charge in [0.15, 0.2) is 0 Å². The molecule has 5 heteroatoms. The van der Waals surface area contributed by atoms with Crippen LogP contribution in [-0.4, -0.2) is 12.6 Å². The minimum atomic E-state index is -0.495. The number of benzene rings is 3. The van der Waals surface area contributed by atoms with Crippen LogP contribution in [0.25, 0.3) is 11.1 Å². The number of nitrogens with two attached hydrogens (primary N) is 2. The normalized spacial score (nSPS) is 10.8. The fourth-order valence-corrected chi connectivity index (χ4v) is 4.20. The highest BCUT2D eigenvalue weighted by Gasteiger charge is 2.10. The molecule has 0 bridgehead atoms. The third-order valence-corrected chi connectivity index (χ3v) is 6.23. The van der Waals surface area contributed by atoms with Crippen molar-refractivity contribution in [1.29, 1.82) is 0 Å². The van der Waals surface area contributed by atoms with Gasteiger partial charge in [-0.3, -0.25) is 0 Å². The summed E-state index contributed by atoms with van der Waals surface area (Å²) >= 11 is 0. The molecule has 0 saturated heterocycles. The number of anilines is 2. The third kappa shape index (κ3) is 9.29. The van der Waals surface area contributed by atoms with E-state index in [4.69, 9.17) is 20.9 Å². The summed E-state index contributed by atoms with van der Waals surface area (Å²) in [6.45, 7) is 3.02. The third-order valence-electron chi connectivity index (χ3n) is 6.23. The van der Waals surface area contributed by atoms with Crippen molar-refractivity contribution in [3.05, 3.63) is 72.3 Å². The van der Waals surface area contributed by atoms with E-state index >= 15 is 0 Å². The Morgan fingerprint density at radius 1 is 0.639 bits per heavy atom. The van der Waals surface area contributed by atoms with Crippen molar-refractivity contribution >= 4 is 17.3 Å². The average molecular weight is 489 g/mol. The number of nitrogen functional groups attached to an aromatic ring is 2. The molecular formula is C31H40N2O3. The molecule has 4 N–H and O–H groups in total. The number of hydrogen-bond acceptors (Lipinski definition) is 5. The van der Waals surface area contributed by atoms with Crippen LogP contribution < -0.4 is 20.9 Å². The maximum atomic E-state index is 12.4. The van der Waals surface area contributed by atoms with Crippen LogP contribution in [0.4, 0.5) is 11.4 Å². The topological polar surface area (TPSA) is 87.6 Å². The summed E-state index contributed by atoms with van der Waals surface area (Å²) in [6.07, 6.45) is 13.2. The molecule has 5 nitrogen and oxygen atoms in total. The SMILES string of the molecule is CCCCCCCCCCCCOc1ccc(-c2ccc(OC(=O)c3cc(N)cc(N)c3)cc2)cc1. The van der Waals surface area contributed by atoms with Gasteiger partial charge in [0.1, 0.15) is 11.5 Å². The van der Waals surface area contributed by atoms with Gasteiger partial charge in [0, 0.05) is 11.4 Å². The van der Waals surface area contributed by atoms with E-state index < -0.39 is 5.97 Å².